The average molecular weight is 246 g/mol. The van der Waals surface area contributed by atoms with Crippen molar-refractivity contribution in [2.45, 2.75) is 20.4 Å². The molecule has 0 aliphatic carbocycles. The molecule has 0 amide bonds. The number of nitrogens with one attached hydrogen (secondary N) is 1. The molecule has 2 rings (SSSR count). The molecular formula is C13H14N2O3. The molecule has 0 spiro atoms. The van der Waals surface area contributed by atoms with Crippen LogP contribution >= 0.6 is 0 Å². The van der Waals surface area contributed by atoms with Crippen LogP contribution in [-0.4, -0.2) is 4.92 Å². The zero-order valence-corrected chi connectivity index (χ0v) is 10.3. The molecule has 1 aromatic carbocycles. The van der Waals surface area contributed by atoms with Crippen molar-refractivity contribution in [1.29, 1.82) is 0 Å². The van der Waals surface area contributed by atoms with Crippen LogP contribution in [-0.2, 0) is 6.54 Å². The van der Waals surface area contributed by atoms with Crippen molar-refractivity contribution in [3.8, 4) is 0 Å². The molecule has 1 aromatic heterocycles. The van der Waals surface area contributed by atoms with E-state index in [0.29, 0.717) is 12.3 Å². The summed E-state index contributed by atoms with van der Waals surface area (Å²) in [5.41, 5.74) is 3.32. The van der Waals surface area contributed by atoms with Gasteiger partial charge >= 0.3 is 5.88 Å². The highest BCUT2D eigenvalue weighted by atomic mass is 16.6. The molecule has 0 aliphatic heterocycles. The Balaban J connectivity index is 2.04. The summed E-state index contributed by atoms with van der Waals surface area (Å²) in [5.74, 6) is 0.313. The predicted molar refractivity (Wildman–Crippen MR) is 68.6 cm³/mol. The standard InChI is InChI=1S/C13H14N2O3/c1-9-5-10(2)7-11(6-9)14-8-12-3-4-13(18-12)15(16)17/h3-7,14H,8H2,1-2H3. The topological polar surface area (TPSA) is 68.3 Å². The second-order valence-electron chi connectivity index (χ2n) is 4.23. The molecule has 0 saturated heterocycles. The molecule has 0 saturated carbocycles. The van der Waals surface area contributed by atoms with Crippen LogP contribution in [0.25, 0.3) is 0 Å². The molecule has 1 heterocycles. The highest BCUT2D eigenvalue weighted by Crippen LogP contribution is 2.18. The largest absolute Gasteiger partial charge is 0.433 e. The highest BCUT2D eigenvalue weighted by Gasteiger charge is 2.11. The Morgan fingerprint density at radius 2 is 1.89 bits per heavy atom. The van der Waals surface area contributed by atoms with Gasteiger partial charge in [0.05, 0.1) is 12.6 Å². The normalized spacial score (nSPS) is 10.3. The van der Waals surface area contributed by atoms with Gasteiger partial charge in [0.1, 0.15) is 10.7 Å². The van der Waals surface area contributed by atoms with Gasteiger partial charge in [0.25, 0.3) is 0 Å². The lowest BCUT2D eigenvalue weighted by Crippen LogP contribution is -1.98. The minimum absolute atomic E-state index is 0.229. The van der Waals surface area contributed by atoms with Crippen molar-refractivity contribution in [3.05, 3.63) is 57.3 Å². The van der Waals surface area contributed by atoms with Gasteiger partial charge < -0.3 is 9.73 Å². The third-order valence-corrected chi connectivity index (χ3v) is 2.52. The van der Waals surface area contributed by atoms with Gasteiger partial charge in [-0.2, -0.15) is 0 Å². The Kier molecular flexibility index (Phi) is 3.32. The van der Waals surface area contributed by atoms with Crippen LogP contribution in [0.5, 0.6) is 0 Å². The number of aryl methyl sites for hydroxylation is 2. The number of hydrogen-bond acceptors (Lipinski definition) is 4. The molecular weight excluding hydrogens is 232 g/mol. The molecule has 0 unspecified atom stereocenters. The summed E-state index contributed by atoms with van der Waals surface area (Å²) in [7, 11) is 0. The van der Waals surface area contributed by atoms with Crippen molar-refractivity contribution < 1.29 is 9.34 Å². The monoisotopic (exact) mass is 246 g/mol. The lowest BCUT2D eigenvalue weighted by Gasteiger charge is -2.06. The zero-order valence-electron chi connectivity index (χ0n) is 10.3. The summed E-state index contributed by atoms with van der Waals surface area (Å²) < 4.78 is 5.07. The molecule has 2 aromatic rings. The predicted octanol–water partition coefficient (Wildman–Crippen LogP) is 3.42. The number of rotatable bonds is 4. The van der Waals surface area contributed by atoms with E-state index in [2.05, 4.69) is 11.4 Å². The quantitative estimate of drug-likeness (QED) is 0.663. The summed E-state index contributed by atoms with van der Waals surface area (Å²) in [6.45, 7) is 4.47. The number of anilines is 1. The second-order valence-corrected chi connectivity index (χ2v) is 4.23. The van der Waals surface area contributed by atoms with Gasteiger partial charge in [-0.1, -0.05) is 6.07 Å². The third-order valence-electron chi connectivity index (χ3n) is 2.52. The van der Waals surface area contributed by atoms with Gasteiger partial charge in [-0.3, -0.25) is 10.1 Å². The Morgan fingerprint density at radius 1 is 1.22 bits per heavy atom. The van der Waals surface area contributed by atoms with Crippen molar-refractivity contribution in [2.75, 3.05) is 5.32 Å². The van der Waals surface area contributed by atoms with Crippen LogP contribution in [0.2, 0.25) is 0 Å². The minimum Gasteiger partial charge on any atom is -0.404 e. The maximum Gasteiger partial charge on any atom is 0.433 e. The first-order chi connectivity index (χ1) is 8.54. The maximum absolute atomic E-state index is 10.5. The van der Waals surface area contributed by atoms with Crippen LogP contribution in [0.1, 0.15) is 16.9 Å². The molecule has 94 valence electrons. The lowest BCUT2D eigenvalue weighted by molar-refractivity contribution is -0.402. The Bertz CT molecular complexity index is 555. The number of furan rings is 1. The smallest absolute Gasteiger partial charge is 0.404 e. The summed E-state index contributed by atoms with van der Waals surface area (Å²) in [5, 5.41) is 13.6. The molecule has 5 heteroatoms. The van der Waals surface area contributed by atoms with Gasteiger partial charge in [-0.05, 0) is 43.2 Å². The van der Waals surface area contributed by atoms with Crippen molar-refractivity contribution in [3.63, 3.8) is 0 Å². The fraction of sp³-hybridized carbons (Fsp3) is 0.231. The first-order valence-corrected chi connectivity index (χ1v) is 5.60. The van der Waals surface area contributed by atoms with Gasteiger partial charge in [0.2, 0.25) is 0 Å². The zero-order chi connectivity index (χ0) is 13.1. The van der Waals surface area contributed by atoms with E-state index in [1.165, 1.54) is 17.2 Å². The van der Waals surface area contributed by atoms with E-state index in [-0.39, 0.29) is 5.88 Å². The Morgan fingerprint density at radius 3 is 2.44 bits per heavy atom. The van der Waals surface area contributed by atoms with Crippen LogP contribution < -0.4 is 5.32 Å². The molecule has 0 fully saturated rings. The van der Waals surface area contributed by atoms with E-state index < -0.39 is 4.92 Å². The molecule has 0 aliphatic rings. The van der Waals surface area contributed by atoms with Crippen LogP contribution in [0.15, 0.2) is 34.7 Å². The first-order valence-electron chi connectivity index (χ1n) is 5.60. The molecule has 0 bridgehead atoms. The van der Waals surface area contributed by atoms with E-state index in [1.54, 1.807) is 6.07 Å². The van der Waals surface area contributed by atoms with Crippen LogP contribution in [0, 0.1) is 24.0 Å². The van der Waals surface area contributed by atoms with E-state index in [1.807, 2.05) is 26.0 Å². The van der Waals surface area contributed by atoms with Crippen LogP contribution in [0.3, 0.4) is 0 Å². The van der Waals surface area contributed by atoms with E-state index in [4.69, 9.17) is 4.42 Å². The molecule has 1 N–H and O–H groups in total. The van der Waals surface area contributed by atoms with Crippen LogP contribution in [0.4, 0.5) is 11.6 Å². The number of hydrogen-bond donors (Lipinski definition) is 1. The minimum atomic E-state index is -0.541. The number of nitro groups is 1. The van der Waals surface area contributed by atoms with Crippen molar-refractivity contribution in [2.24, 2.45) is 0 Å². The maximum atomic E-state index is 10.5. The summed E-state index contributed by atoms with van der Waals surface area (Å²) in [6, 6.07) is 9.09. The third kappa shape index (κ3) is 2.88. The fourth-order valence-electron chi connectivity index (χ4n) is 1.83. The fourth-order valence-corrected chi connectivity index (χ4v) is 1.83. The van der Waals surface area contributed by atoms with Gasteiger partial charge in [0.15, 0.2) is 0 Å². The van der Waals surface area contributed by atoms with Crippen molar-refractivity contribution in [1.82, 2.24) is 0 Å². The highest BCUT2D eigenvalue weighted by molar-refractivity contribution is 5.48. The first kappa shape index (κ1) is 12.2. The van der Waals surface area contributed by atoms with E-state index in [9.17, 15) is 10.1 Å². The van der Waals surface area contributed by atoms with Gasteiger partial charge in [-0.25, -0.2) is 0 Å². The van der Waals surface area contributed by atoms with Gasteiger partial charge in [0, 0.05) is 5.69 Å². The Hall–Kier alpha value is -2.30. The molecule has 0 atom stereocenters. The molecule has 0 radical (unpaired) electrons. The second kappa shape index (κ2) is 4.91. The summed E-state index contributed by atoms with van der Waals surface area (Å²) >= 11 is 0. The lowest BCUT2D eigenvalue weighted by atomic mass is 10.1. The summed E-state index contributed by atoms with van der Waals surface area (Å²) in [4.78, 5) is 9.93. The summed E-state index contributed by atoms with van der Waals surface area (Å²) in [6.07, 6.45) is 0. The van der Waals surface area contributed by atoms with E-state index >= 15 is 0 Å². The SMILES string of the molecule is Cc1cc(C)cc(NCc2ccc([N+](=O)[O-])o2)c1. The Labute approximate surface area is 105 Å². The average Bonchev–Trinajstić information content (AvgIpc) is 2.73. The molecule has 5 nitrogen and oxygen atoms in total. The number of benzene rings is 1. The molecule has 18 heavy (non-hydrogen) atoms. The van der Waals surface area contributed by atoms with Crippen molar-refractivity contribution >= 4 is 11.6 Å². The number of nitrogens with zero attached hydrogens (tertiary/aromatic N) is 1. The van der Waals surface area contributed by atoms with E-state index in [0.717, 1.165) is 5.69 Å². The van der Waals surface area contributed by atoms with Gasteiger partial charge in [-0.15, -0.1) is 0 Å².